The quantitative estimate of drug-likeness (QED) is 0.647. The molecule has 0 aliphatic heterocycles. The summed E-state index contributed by atoms with van der Waals surface area (Å²) in [6.07, 6.45) is 0. The van der Waals surface area contributed by atoms with Crippen molar-refractivity contribution in [3.63, 3.8) is 0 Å². The third kappa shape index (κ3) is 2.21. The van der Waals surface area contributed by atoms with E-state index in [0.29, 0.717) is 12.2 Å². The first-order chi connectivity index (χ1) is 8.61. The molecule has 0 saturated heterocycles. The van der Waals surface area contributed by atoms with Crippen LogP contribution in [0.3, 0.4) is 0 Å². The topological polar surface area (TPSA) is 117 Å². The van der Waals surface area contributed by atoms with Crippen LogP contribution in [0.2, 0.25) is 0 Å². The Morgan fingerprint density at radius 2 is 2.33 bits per heavy atom. The standard InChI is InChI=1S/C10H10N4O4/c1-2-17-8-4-3-6(5-7(8)14(15)16)9-12-10(11)18-13-9/h3-5H,2H2,1H3,(H2,11,12,13). The van der Waals surface area contributed by atoms with Gasteiger partial charge in [0, 0.05) is 11.6 Å². The second kappa shape index (κ2) is 4.70. The minimum atomic E-state index is -0.530. The molecule has 0 fully saturated rings. The summed E-state index contributed by atoms with van der Waals surface area (Å²) in [6, 6.07) is 4.31. The van der Waals surface area contributed by atoms with Crippen molar-refractivity contribution in [3.05, 3.63) is 28.3 Å². The molecule has 0 radical (unpaired) electrons. The molecule has 8 nitrogen and oxygen atoms in total. The lowest BCUT2D eigenvalue weighted by atomic mass is 10.2. The second-order valence-electron chi connectivity index (χ2n) is 3.33. The van der Waals surface area contributed by atoms with Gasteiger partial charge in [0.15, 0.2) is 5.75 Å². The number of nitrogens with two attached hydrogens (primary N) is 1. The van der Waals surface area contributed by atoms with E-state index in [1.165, 1.54) is 12.1 Å². The first-order valence-corrected chi connectivity index (χ1v) is 5.12. The number of anilines is 1. The zero-order valence-corrected chi connectivity index (χ0v) is 9.49. The van der Waals surface area contributed by atoms with Crippen molar-refractivity contribution in [2.24, 2.45) is 0 Å². The number of nitrogen functional groups attached to an aromatic ring is 1. The van der Waals surface area contributed by atoms with Gasteiger partial charge in [0.2, 0.25) is 5.82 Å². The molecular formula is C10H10N4O4. The van der Waals surface area contributed by atoms with E-state index in [1.807, 2.05) is 0 Å². The Morgan fingerprint density at radius 1 is 1.56 bits per heavy atom. The Kier molecular flexibility index (Phi) is 3.09. The lowest BCUT2D eigenvalue weighted by Crippen LogP contribution is -1.98. The number of nitro groups is 1. The van der Waals surface area contributed by atoms with E-state index in [1.54, 1.807) is 13.0 Å². The van der Waals surface area contributed by atoms with Crippen LogP contribution in [0.25, 0.3) is 11.4 Å². The zero-order valence-electron chi connectivity index (χ0n) is 9.49. The summed E-state index contributed by atoms with van der Waals surface area (Å²) in [5, 5.41) is 14.5. The first kappa shape index (κ1) is 11.8. The van der Waals surface area contributed by atoms with Crippen LogP contribution in [0.1, 0.15) is 6.92 Å². The molecule has 18 heavy (non-hydrogen) atoms. The molecule has 0 unspecified atom stereocenters. The van der Waals surface area contributed by atoms with Crippen molar-refractivity contribution >= 4 is 11.7 Å². The van der Waals surface area contributed by atoms with E-state index < -0.39 is 4.92 Å². The van der Waals surface area contributed by atoms with Gasteiger partial charge in [-0.1, -0.05) is 5.16 Å². The van der Waals surface area contributed by atoms with Crippen LogP contribution in [0.5, 0.6) is 5.75 Å². The van der Waals surface area contributed by atoms with E-state index in [9.17, 15) is 10.1 Å². The monoisotopic (exact) mass is 250 g/mol. The Morgan fingerprint density at radius 3 is 2.89 bits per heavy atom. The Balaban J connectivity index is 2.46. The predicted octanol–water partition coefficient (Wildman–Crippen LogP) is 1.63. The van der Waals surface area contributed by atoms with Crippen LogP contribution in [-0.2, 0) is 0 Å². The van der Waals surface area contributed by atoms with Crippen molar-refractivity contribution < 1.29 is 14.2 Å². The van der Waals surface area contributed by atoms with Gasteiger partial charge in [-0.25, -0.2) is 0 Å². The summed E-state index contributed by atoms with van der Waals surface area (Å²) >= 11 is 0. The average molecular weight is 250 g/mol. The fourth-order valence-electron chi connectivity index (χ4n) is 1.43. The Hall–Kier alpha value is -2.64. The van der Waals surface area contributed by atoms with Crippen molar-refractivity contribution in [2.75, 3.05) is 12.3 Å². The SMILES string of the molecule is CCOc1ccc(-c2noc(N)n2)cc1[N+](=O)[O-]. The zero-order chi connectivity index (χ0) is 13.1. The minimum Gasteiger partial charge on any atom is -0.487 e. The van der Waals surface area contributed by atoms with Gasteiger partial charge in [-0.3, -0.25) is 10.1 Å². The first-order valence-electron chi connectivity index (χ1n) is 5.12. The van der Waals surface area contributed by atoms with E-state index in [-0.39, 0.29) is 23.3 Å². The number of benzene rings is 1. The molecule has 0 amide bonds. The van der Waals surface area contributed by atoms with Gasteiger partial charge >= 0.3 is 11.7 Å². The van der Waals surface area contributed by atoms with Gasteiger partial charge in [0.25, 0.3) is 0 Å². The molecule has 0 atom stereocenters. The number of aromatic nitrogens is 2. The molecule has 0 spiro atoms. The third-order valence-corrected chi connectivity index (χ3v) is 2.16. The summed E-state index contributed by atoms with van der Waals surface area (Å²) in [5.41, 5.74) is 5.57. The maximum atomic E-state index is 10.9. The number of rotatable bonds is 4. The maximum absolute atomic E-state index is 10.9. The summed E-state index contributed by atoms with van der Waals surface area (Å²) < 4.78 is 9.78. The maximum Gasteiger partial charge on any atom is 0.319 e. The average Bonchev–Trinajstić information content (AvgIpc) is 2.76. The van der Waals surface area contributed by atoms with Crippen molar-refractivity contribution in [2.45, 2.75) is 6.92 Å². The number of hydrogen-bond donors (Lipinski definition) is 1. The predicted molar refractivity (Wildman–Crippen MR) is 62.0 cm³/mol. The van der Waals surface area contributed by atoms with Crippen molar-refractivity contribution in [1.82, 2.24) is 10.1 Å². The van der Waals surface area contributed by atoms with Gasteiger partial charge < -0.3 is 15.0 Å². The van der Waals surface area contributed by atoms with Crippen LogP contribution < -0.4 is 10.5 Å². The number of nitrogens with zero attached hydrogens (tertiary/aromatic N) is 3. The van der Waals surface area contributed by atoms with E-state index in [4.69, 9.17) is 10.5 Å². The molecule has 1 aromatic heterocycles. The van der Waals surface area contributed by atoms with Crippen LogP contribution in [0.15, 0.2) is 22.7 Å². The molecule has 0 aliphatic rings. The van der Waals surface area contributed by atoms with E-state index in [0.717, 1.165) is 0 Å². The van der Waals surface area contributed by atoms with Gasteiger partial charge in [-0.15, -0.1) is 0 Å². The highest BCUT2D eigenvalue weighted by Gasteiger charge is 2.18. The molecule has 2 N–H and O–H groups in total. The van der Waals surface area contributed by atoms with Crippen LogP contribution >= 0.6 is 0 Å². The van der Waals surface area contributed by atoms with Gasteiger partial charge in [-0.05, 0) is 19.1 Å². The lowest BCUT2D eigenvalue weighted by Gasteiger charge is -2.04. The fourth-order valence-corrected chi connectivity index (χ4v) is 1.43. The number of ether oxygens (including phenoxy) is 1. The van der Waals surface area contributed by atoms with Crippen molar-refractivity contribution in [1.29, 1.82) is 0 Å². The molecular weight excluding hydrogens is 240 g/mol. The molecule has 1 aromatic carbocycles. The summed E-state index contributed by atoms with van der Waals surface area (Å²) in [7, 11) is 0. The second-order valence-corrected chi connectivity index (χ2v) is 3.33. The molecule has 94 valence electrons. The summed E-state index contributed by atoms with van der Waals surface area (Å²) in [5.74, 6) is 0.390. The number of nitro benzene ring substituents is 1. The minimum absolute atomic E-state index is 0.0958. The molecule has 1 heterocycles. The van der Waals surface area contributed by atoms with Gasteiger partial charge in [-0.2, -0.15) is 4.98 Å². The smallest absolute Gasteiger partial charge is 0.319 e. The lowest BCUT2D eigenvalue weighted by molar-refractivity contribution is -0.385. The largest absolute Gasteiger partial charge is 0.487 e. The van der Waals surface area contributed by atoms with Crippen LogP contribution in [0, 0.1) is 10.1 Å². The molecule has 0 bridgehead atoms. The van der Waals surface area contributed by atoms with Gasteiger partial charge in [0.05, 0.1) is 11.5 Å². The fraction of sp³-hybridized carbons (Fsp3) is 0.200. The highest BCUT2D eigenvalue weighted by molar-refractivity contribution is 5.63. The molecule has 2 rings (SSSR count). The van der Waals surface area contributed by atoms with Crippen molar-refractivity contribution in [3.8, 4) is 17.1 Å². The summed E-state index contributed by atoms with van der Waals surface area (Å²) in [6.45, 7) is 2.09. The molecule has 0 aliphatic carbocycles. The molecule has 2 aromatic rings. The highest BCUT2D eigenvalue weighted by atomic mass is 16.6. The third-order valence-electron chi connectivity index (χ3n) is 2.16. The Labute approximate surface area is 102 Å². The highest BCUT2D eigenvalue weighted by Crippen LogP contribution is 2.31. The number of hydrogen-bond acceptors (Lipinski definition) is 7. The van der Waals surface area contributed by atoms with Crippen LogP contribution in [-0.4, -0.2) is 21.7 Å². The van der Waals surface area contributed by atoms with Gasteiger partial charge in [0.1, 0.15) is 0 Å². The van der Waals surface area contributed by atoms with Crippen LogP contribution in [0.4, 0.5) is 11.7 Å². The van der Waals surface area contributed by atoms with E-state index in [2.05, 4.69) is 14.7 Å². The summed E-state index contributed by atoms with van der Waals surface area (Å²) in [4.78, 5) is 14.2. The normalized spacial score (nSPS) is 10.3. The molecule has 0 saturated carbocycles. The Bertz CT molecular complexity index is 581. The van der Waals surface area contributed by atoms with E-state index >= 15 is 0 Å². The molecule has 8 heteroatoms.